The van der Waals surface area contributed by atoms with Crippen molar-refractivity contribution in [2.45, 2.75) is 20.0 Å². The molecule has 3 N–H and O–H groups in total. The third-order valence-electron chi connectivity index (χ3n) is 5.76. The molecule has 0 saturated carbocycles. The minimum Gasteiger partial charge on any atom is -0.325 e. The fourth-order valence-electron chi connectivity index (χ4n) is 4.25. The van der Waals surface area contributed by atoms with Gasteiger partial charge < -0.3 is 5.73 Å². The zero-order valence-electron chi connectivity index (χ0n) is 17.6. The Kier molecular flexibility index (Phi) is 4.61. The first kappa shape index (κ1) is 19.7. The van der Waals surface area contributed by atoms with Crippen LogP contribution < -0.4 is 16.2 Å². The first-order valence-corrected chi connectivity index (χ1v) is 10.1. The maximum atomic E-state index is 13.3. The second-order valence-corrected chi connectivity index (χ2v) is 7.57. The number of nitrogens with zero attached hydrogens (tertiary/aromatic N) is 4. The summed E-state index contributed by atoms with van der Waals surface area (Å²) in [7, 11) is 1.81. The first-order chi connectivity index (χ1) is 15.5. The summed E-state index contributed by atoms with van der Waals surface area (Å²) in [4.78, 5) is 27.2. The Bertz CT molecular complexity index is 1520. The average Bonchev–Trinajstić information content (AvgIpc) is 3.34. The highest BCUT2D eigenvalue weighted by molar-refractivity contribution is 6.11. The van der Waals surface area contributed by atoms with Gasteiger partial charge in [0, 0.05) is 41.2 Å². The van der Waals surface area contributed by atoms with E-state index in [9.17, 15) is 9.59 Å². The molecule has 1 aliphatic heterocycles. The van der Waals surface area contributed by atoms with Crippen molar-refractivity contribution in [2.75, 3.05) is 4.90 Å². The molecule has 3 heterocycles. The Balaban J connectivity index is 1.65. The lowest BCUT2D eigenvalue weighted by atomic mass is 10.0. The number of anilines is 1. The van der Waals surface area contributed by atoms with Crippen molar-refractivity contribution in [3.8, 4) is 23.0 Å². The first-order valence-electron chi connectivity index (χ1n) is 10.1. The Labute approximate surface area is 183 Å². The second-order valence-electron chi connectivity index (χ2n) is 7.57. The monoisotopic (exact) mass is 424 g/mol. The normalized spacial score (nSPS) is 12.7. The van der Waals surface area contributed by atoms with E-state index in [-0.39, 0.29) is 18.0 Å². The summed E-state index contributed by atoms with van der Waals surface area (Å²) in [6.45, 7) is 2.38. The number of nitrogens with one attached hydrogen (secondary N) is 1. The molecule has 0 radical (unpaired) electrons. The minimum atomic E-state index is -0.273. The minimum absolute atomic E-state index is 0.0915. The quantitative estimate of drug-likeness (QED) is 0.491. The number of benzene rings is 2. The predicted molar refractivity (Wildman–Crippen MR) is 122 cm³/mol. The van der Waals surface area contributed by atoms with Gasteiger partial charge in [-0.15, -0.1) is 5.92 Å². The summed E-state index contributed by atoms with van der Waals surface area (Å²) in [6.07, 6.45) is 1.72. The van der Waals surface area contributed by atoms with Crippen LogP contribution in [-0.2, 0) is 20.1 Å². The molecule has 0 saturated heterocycles. The lowest BCUT2D eigenvalue weighted by molar-refractivity contribution is 0.0995. The molecule has 0 bridgehead atoms. The topological polar surface area (TPSA) is 110 Å². The van der Waals surface area contributed by atoms with Gasteiger partial charge in [0.1, 0.15) is 5.82 Å². The number of hydrogen-bond acceptors (Lipinski definition) is 5. The van der Waals surface area contributed by atoms with Crippen molar-refractivity contribution in [3.63, 3.8) is 0 Å². The van der Waals surface area contributed by atoms with Gasteiger partial charge >= 0.3 is 0 Å². The Morgan fingerprint density at radius 3 is 2.78 bits per heavy atom. The van der Waals surface area contributed by atoms with E-state index >= 15 is 0 Å². The van der Waals surface area contributed by atoms with Gasteiger partial charge in [0.15, 0.2) is 0 Å². The summed E-state index contributed by atoms with van der Waals surface area (Å²) < 4.78 is 1.69. The maximum Gasteiger partial charge on any atom is 0.272 e. The number of aromatic amines is 1. The summed E-state index contributed by atoms with van der Waals surface area (Å²) >= 11 is 0. The van der Waals surface area contributed by atoms with E-state index in [1.54, 1.807) is 35.8 Å². The van der Waals surface area contributed by atoms with Gasteiger partial charge in [-0.25, -0.2) is 5.10 Å². The zero-order chi connectivity index (χ0) is 22.4. The molecule has 0 fully saturated rings. The second kappa shape index (κ2) is 7.48. The molecule has 1 aliphatic rings. The fraction of sp³-hybridized carbons (Fsp3) is 0.167. The van der Waals surface area contributed by atoms with Crippen molar-refractivity contribution in [2.24, 2.45) is 12.8 Å². The Morgan fingerprint density at radius 1 is 1.16 bits per heavy atom. The van der Waals surface area contributed by atoms with Crippen molar-refractivity contribution in [3.05, 3.63) is 75.3 Å². The number of aromatic nitrogens is 4. The smallest absolute Gasteiger partial charge is 0.272 e. The average molecular weight is 424 g/mol. The van der Waals surface area contributed by atoms with Crippen LogP contribution in [0.2, 0.25) is 0 Å². The number of amides is 1. The van der Waals surface area contributed by atoms with Crippen molar-refractivity contribution in [1.29, 1.82) is 0 Å². The SMILES string of the molecule is CC#Cc1cccc2c1CN(c1c(-c3ccc4c(=O)[nH]nc(CN)c4c3)cnn1C)C2=O. The lowest BCUT2D eigenvalue weighted by Gasteiger charge is -2.18. The van der Waals surface area contributed by atoms with Gasteiger partial charge in [0.25, 0.3) is 11.5 Å². The number of carbonyl (C=O) groups is 1. The fourth-order valence-corrected chi connectivity index (χ4v) is 4.25. The van der Waals surface area contributed by atoms with Crippen molar-refractivity contribution in [1.82, 2.24) is 20.0 Å². The molecule has 158 valence electrons. The number of hydrogen-bond donors (Lipinski definition) is 2. The van der Waals surface area contributed by atoms with Crippen LogP contribution in [0.25, 0.3) is 21.9 Å². The van der Waals surface area contributed by atoms with Gasteiger partial charge in [-0.05, 0) is 36.8 Å². The highest BCUT2D eigenvalue weighted by atomic mass is 16.2. The highest BCUT2D eigenvalue weighted by Gasteiger charge is 2.33. The van der Waals surface area contributed by atoms with Crippen LogP contribution in [0.4, 0.5) is 5.82 Å². The van der Waals surface area contributed by atoms with Crippen LogP contribution in [-0.4, -0.2) is 25.9 Å². The lowest BCUT2D eigenvalue weighted by Crippen LogP contribution is -2.26. The van der Waals surface area contributed by atoms with E-state index in [1.165, 1.54) is 0 Å². The molecular formula is C24H20N6O2. The molecular weight excluding hydrogens is 404 g/mol. The number of aryl methyl sites for hydroxylation is 1. The van der Waals surface area contributed by atoms with E-state index in [1.807, 2.05) is 30.3 Å². The molecule has 2 aromatic carbocycles. The summed E-state index contributed by atoms with van der Waals surface area (Å²) in [5.74, 6) is 6.59. The van der Waals surface area contributed by atoms with E-state index < -0.39 is 0 Å². The Hall–Kier alpha value is -4.22. The zero-order valence-corrected chi connectivity index (χ0v) is 17.6. The van der Waals surface area contributed by atoms with Crippen LogP contribution in [0, 0.1) is 11.8 Å². The van der Waals surface area contributed by atoms with Crippen molar-refractivity contribution >= 4 is 22.5 Å². The van der Waals surface area contributed by atoms with Gasteiger partial charge in [0.05, 0.1) is 23.8 Å². The highest BCUT2D eigenvalue weighted by Crippen LogP contribution is 2.37. The van der Waals surface area contributed by atoms with E-state index in [2.05, 4.69) is 27.1 Å². The summed E-state index contributed by atoms with van der Waals surface area (Å²) in [5, 5.41) is 12.2. The van der Waals surface area contributed by atoms with Gasteiger partial charge in [-0.3, -0.25) is 19.2 Å². The van der Waals surface area contributed by atoms with Crippen LogP contribution >= 0.6 is 0 Å². The molecule has 0 unspecified atom stereocenters. The molecule has 1 amide bonds. The predicted octanol–water partition coefficient (Wildman–Crippen LogP) is 2.31. The third kappa shape index (κ3) is 2.91. The number of nitrogens with two attached hydrogens (primary N) is 1. The maximum absolute atomic E-state index is 13.3. The standard InChI is InChI=1S/C24H20N6O2/c1-3-5-14-6-4-7-17-20(14)13-30(24(17)32)23-19(12-26-29(23)2)15-8-9-16-18(10-15)21(11-25)27-28-22(16)31/h4,6-10,12H,11,13,25H2,1-2H3,(H,28,31). The number of H-pyrrole nitrogens is 1. The Morgan fingerprint density at radius 2 is 2.00 bits per heavy atom. The number of carbonyl (C=O) groups excluding carboxylic acids is 1. The molecule has 5 rings (SSSR count). The summed E-state index contributed by atoms with van der Waals surface area (Å²) in [6, 6.07) is 11.1. The van der Waals surface area contributed by atoms with Crippen LogP contribution in [0.5, 0.6) is 0 Å². The molecule has 32 heavy (non-hydrogen) atoms. The molecule has 8 heteroatoms. The molecule has 0 aliphatic carbocycles. The van der Waals surface area contributed by atoms with Gasteiger partial charge in [-0.2, -0.15) is 10.2 Å². The van der Waals surface area contributed by atoms with Crippen LogP contribution in [0.3, 0.4) is 0 Å². The molecule has 8 nitrogen and oxygen atoms in total. The van der Waals surface area contributed by atoms with Gasteiger partial charge in [-0.1, -0.05) is 18.1 Å². The molecule has 0 spiro atoms. The van der Waals surface area contributed by atoms with Crippen molar-refractivity contribution < 1.29 is 4.79 Å². The van der Waals surface area contributed by atoms with Crippen LogP contribution in [0.1, 0.15) is 34.1 Å². The molecule has 4 aromatic rings. The molecule has 0 atom stereocenters. The van der Waals surface area contributed by atoms with E-state index in [0.29, 0.717) is 34.4 Å². The van der Waals surface area contributed by atoms with Gasteiger partial charge in [0.2, 0.25) is 0 Å². The summed E-state index contributed by atoms with van der Waals surface area (Å²) in [5.41, 5.74) is 10.2. The molecule has 2 aromatic heterocycles. The third-order valence-corrected chi connectivity index (χ3v) is 5.76. The van der Waals surface area contributed by atoms with E-state index in [0.717, 1.165) is 22.3 Å². The van der Waals surface area contributed by atoms with Crippen LogP contribution in [0.15, 0.2) is 47.4 Å². The van der Waals surface area contributed by atoms with E-state index in [4.69, 9.17) is 5.73 Å². The number of rotatable bonds is 3. The largest absolute Gasteiger partial charge is 0.325 e. The number of fused-ring (bicyclic) bond motifs is 2.